The number of hydrogen-bond donors (Lipinski definition) is 1. The molecular weight excluding hydrogens is 298 g/mol. The van der Waals surface area contributed by atoms with E-state index in [4.69, 9.17) is 5.73 Å². The number of benzene rings is 1. The molecule has 0 aliphatic carbocycles. The van der Waals surface area contributed by atoms with Crippen molar-refractivity contribution < 1.29 is 17.2 Å². The summed E-state index contributed by atoms with van der Waals surface area (Å²) < 4.78 is 49.3. The monoisotopic (exact) mass is 318 g/mol. The van der Waals surface area contributed by atoms with Crippen LogP contribution in [-0.4, -0.2) is 33.3 Å². The highest BCUT2D eigenvalue weighted by molar-refractivity contribution is 7.91. The van der Waals surface area contributed by atoms with E-state index in [0.29, 0.717) is 25.2 Å². The summed E-state index contributed by atoms with van der Waals surface area (Å²) in [6.07, 6.45) is 0.691. The Morgan fingerprint density at radius 2 is 1.95 bits per heavy atom. The van der Waals surface area contributed by atoms with Gasteiger partial charge in [0.05, 0.1) is 10.6 Å². The highest BCUT2D eigenvalue weighted by Gasteiger charge is 2.36. The van der Waals surface area contributed by atoms with Gasteiger partial charge in [0.1, 0.15) is 0 Å². The number of sulfone groups is 1. The molecule has 2 rings (SSSR count). The fourth-order valence-electron chi connectivity index (χ4n) is 2.63. The Bertz CT molecular complexity index is 617. The van der Waals surface area contributed by atoms with E-state index in [-0.39, 0.29) is 16.4 Å². The Labute approximate surface area is 123 Å². The van der Waals surface area contributed by atoms with E-state index in [0.717, 1.165) is 0 Å². The SMILES string of the molecule is CC1(C)CN(c2ccccc2S(=O)(=O)C(F)F)CCC1N. The Balaban J connectivity index is 2.43. The van der Waals surface area contributed by atoms with Gasteiger partial charge in [0.15, 0.2) is 0 Å². The topological polar surface area (TPSA) is 63.4 Å². The number of rotatable bonds is 3. The van der Waals surface area contributed by atoms with Crippen molar-refractivity contribution in [1.29, 1.82) is 0 Å². The molecule has 4 nitrogen and oxygen atoms in total. The predicted molar refractivity (Wildman–Crippen MR) is 78.2 cm³/mol. The minimum Gasteiger partial charge on any atom is -0.370 e. The first-order chi connectivity index (χ1) is 9.66. The van der Waals surface area contributed by atoms with Gasteiger partial charge in [0.2, 0.25) is 9.84 Å². The predicted octanol–water partition coefficient (Wildman–Crippen LogP) is 2.25. The van der Waals surface area contributed by atoms with Crippen molar-refractivity contribution in [2.24, 2.45) is 11.1 Å². The first kappa shape index (κ1) is 16.2. The minimum atomic E-state index is -4.61. The van der Waals surface area contributed by atoms with Gasteiger partial charge in [-0.25, -0.2) is 8.42 Å². The molecule has 118 valence electrons. The normalized spacial score (nSPS) is 22.6. The van der Waals surface area contributed by atoms with Crippen molar-refractivity contribution in [3.05, 3.63) is 24.3 Å². The highest BCUT2D eigenvalue weighted by atomic mass is 32.2. The Hall–Kier alpha value is -1.21. The molecule has 21 heavy (non-hydrogen) atoms. The lowest BCUT2D eigenvalue weighted by Crippen LogP contribution is -2.52. The van der Waals surface area contributed by atoms with Crippen LogP contribution in [-0.2, 0) is 9.84 Å². The molecule has 0 radical (unpaired) electrons. The number of halogens is 2. The zero-order chi connectivity index (χ0) is 15.8. The van der Waals surface area contributed by atoms with Gasteiger partial charge < -0.3 is 10.6 Å². The molecule has 1 fully saturated rings. The molecule has 2 N–H and O–H groups in total. The lowest BCUT2D eigenvalue weighted by atomic mass is 9.79. The molecule has 1 aliphatic rings. The number of piperidine rings is 1. The van der Waals surface area contributed by atoms with E-state index >= 15 is 0 Å². The fraction of sp³-hybridized carbons (Fsp3) is 0.571. The van der Waals surface area contributed by atoms with Crippen LogP contribution in [0.4, 0.5) is 14.5 Å². The molecule has 0 bridgehead atoms. The molecular formula is C14H20F2N2O2S. The molecule has 7 heteroatoms. The number of anilines is 1. The van der Waals surface area contributed by atoms with Gasteiger partial charge in [-0.15, -0.1) is 0 Å². The number of nitrogens with zero attached hydrogens (tertiary/aromatic N) is 1. The van der Waals surface area contributed by atoms with Crippen molar-refractivity contribution in [3.63, 3.8) is 0 Å². The van der Waals surface area contributed by atoms with Crippen molar-refractivity contribution in [3.8, 4) is 0 Å². The van der Waals surface area contributed by atoms with Gasteiger partial charge >= 0.3 is 5.76 Å². The molecule has 1 aliphatic heterocycles. The second kappa shape index (κ2) is 5.53. The zero-order valence-electron chi connectivity index (χ0n) is 12.1. The van der Waals surface area contributed by atoms with Gasteiger partial charge in [-0.1, -0.05) is 26.0 Å². The number of hydrogen-bond acceptors (Lipinski definition) is 4. The third-order valence-electron chi connectivity index (χ3n) is 4.06. The van der Waals surface area contributed by atoms with Crippen molar-refractivity contribution in [1.82, 2.24) is 0 Å². The highest BCUT2D eigenvalue weighted by Crippen LogP contribution is 2.35. The van der Waals surface area contributed by atoms with Crippen LogP contribution >= 0.6 is 0 Å². The number of nitrogens with two attached hydrogens (primary N) is 1. The lowest BCUT2D eigenvalue weighted by Gasteiger charge is -2.44. The van der Waals surface area contributed by atoms with Crippen molar-refractivity contribution in [2.75, 3.05) is 18.0 Å². The van der Waals surface area contributed by atoms with E-state index < -0.39 is 15.6 Å². The Morgan fingerprint density at radius 3 is 2.52 bits per heavy atom. The molecule has 1 atom stereocenters. The average Bonchev–Trinajstić information content (AvgIpc) is 2.41. The summed E-state index contributed by atoms with van der Waals surface area (Å²) in [7, 11) is -4.61. The second-order valence-electron chi connectivity index (χ2n) is 6.08. The quantitative estimate of drug-likeness (QED) is 0.928. The summed E-state index contributed by atoms with van der Waals surface area (Å²) in [5.41, 5.74) is 6.18. The maximum Gasteiger partial charge on any atom is 0.341 e. The Morgan fingerprint density at radius 1 is 1.33 bits per heavy atom. The van der Waals surface area contributed by atoms with Gasteiger partial charge in [-0.05, 0) is 24.0 Å². The van der Waals surface area contributed by atoms with Crippen LogP contribution in [0, 0.1) is 5.41 Å². The van der Waals surface area contributed by atoms with E-state index in [1.54, 1.807) is 12.1 Å². The third kappa shape index (κ3) is 3.03. The van der Waals surface area contributed by atoms with Gasteiger partial charge in [0, 0.05) is 19.1 Å². The number of alkyl halides is 2. The van der Waals surface area contributed by atoms with Crippen LogP contribution in [0.15, 0.2) is 29.2 Å². The smallest absolute Gasteiger partial charge is 0.341 e. The van der Waals surface area contributed by atoms with Crippen LogP contribution in [0.2, 0.25) is 0 Å². The van der Waals surface area contributed by atoms with E-state index in [1.165, 1.54) is 12.1 Å². The molecule has 1 heterocycles. The van der Waals surface area contributed by atoms with Gasteiger partial charge in [0.25, 0.3) is 0 Å². The van der Waals surface area contributed by atoms with Crippen LogP contribution in [0.5, 0.6) is 0 Å². The minimum absolute atomic E-state index is 0.00705. The summed E-state index contributed by atoms with van der Waals surface area (Å²) in [5, 5.41) is 0. The molecule has 0 spiro atoms. The molecule has 0 saturated carbocycles. The molecule has 1 aromatic rings. The summed E-state index contributed by atoms with van der Waals surface area (Å²) in [4.78, 5) is 1.52. The van der Waals surface area contributed by atoms with Crippen LogP contribution in [0.1, 0.15) is 20.3 Å². The molecule has 1 aromatic carbocycles. The third-order valence-corrected chi connectivity index (χ3v) is 5.49. The average molecular weight is 318 g/mol. The van der Waals surface area contributed by atoms with Crippen LogP contribution in [0.3, 0.4) is 0 Å². The number of para-hydroxylation sites is 1. The maximum absolute atomic E-state index is 12.8. The molecule has 0 aromatic heterocycles. The summed E-state index contributed by atoms with van der Waals surface area (Å²) >= 11 is 0. The van der Waals surface area contributed by atoms with E-state index in [2.05, 4.69) is 0 Å². The van der Waals surface area contributed by atoms with Gasteiger partial charge in [-0.2, -0.15) is 8.78 Å². The van der Waals surface area contributed by atoms with E-state index in [9.17, 15) is 17.2 Å². The van der Waals surface area contributed by atoms with Crippen molar-refractivity contribution >= 4 is 15.5 Å². The summed E-state index contributed by atoms with van der Waals surface area (Å²) in [5.74, 6) is -3.42. The molecule has 1 saturated heterocycles. The van der Waals surface area contributed by atoms with E-state index in [1.807, 2.05) is 18.7 Å². The van der Waals surface area contributed by atoms with Gasteiger partial charge in [-0.3, -0.25) is 0 Å². The largest absolute Gasteiger partial charge is 0.370 e. The van der Waals surface area contributed by atoms with Crippen molar-refractivity contribution in [2.45, 2.75) is 37.0 Å². The van der Waals surface area contributed by atoms with Crippen LogP contribution < -0.4 is 10.6 Å². The first-order valence-corrected chi connectivity index (χ1v) is 8.32. The summed E-state index contributed by atoms with van der Waals surface area (Å²) in [6.45, 7) is 5.08. The Kier molecular flexibility index (Phi) is 4.26. The molecule has 0 amide bonds. The lowest BCUT2D eigenvalue weighted by molar-refractivity contribution is 0.234. The van der Waals surface area contributed by atoms with Crippen LogP contribution in [0.25, 0.3) is 0 Å². The summed E-state index contributed by atoms with van der Waals surface area (Å²) in [6, 6.07) is 5.93. The first-order valence-electron chi connectivity index (χ1n) is 6.78. The second-order valence-corrected chi connectivity index (χ2v) is 7.96. The fourth-order valence-corrected chi connectivity index (χ4v) is 3.58. The standard InChI is InChI=1S/C14H20F2N2O2S/c1-14(2)9-18(8-7-12(14)17)10-5-3-4-6-11(10)21(19,20)13(15)16/h3-6,12-13H,7-9,17H2,1-2H3. The zero-order valence-corrected chi connectivity index (χ0v) is 12.9. The molecule has 1 unspecified atom stereocenters. The maximum atomic E-state index is 12.8.